The molecule has 1 saturated heterocycles. The van der Waals surface area contributed by atoms with Crippen molar-refractivity contribution in [3.63, 3.8) is 0 Å². The van der Waals surface area contributed by atoms with Gasteiger partial charge in [-0.15, -0.1) is 0 Å². The fourth-order valence-electron chi connectivity index (χ4n) is 4.72. The lowest BCUT2D eigenvalue weighted by Crippen LogP contribution is -2.41. The molecule has 0 spiro atoms. The molecule has 3 heterocycles. The van der Waals surface area contributed by atoms with E-state index in [9.17, 15) is 24.3 Å². The first-order valence-corrected chi connectivity index (χ1v) is 13.6. The Morgan fingerprint density at radius 1 is 0.951 bits per heavy atom. The number of para-hydroxylation sites is 2. The second-order valence-electron chi connectivity index (χ2n) is 9.28. The third-order valence-corrected chi connectivity index (χ3v) is 7.65. The number of carbonyl (C=O) groups is 3. The normalized spacial score (nSPS) is 18.1. The van der Waals surface area contributed by atoms with Gasteiger partial charge in [0.05, 0.1) is 29.7 Å². The van der Waals surface area contributed by atoms with Gasteiger partial charge in [0, 0.05) is 17.3 Å². The Balaban J connectivity index is 1.26. The Morgan fingerprint density at radius 2 is 1.68 bits per heavy atom. The maximum Gasteiger partial charge on any atom is 0.349 e. The summed E-state index contributed by atoms with van der Waals surface area (Å²) in [6.45, 7) is 0.399. The molecule has 2 aliphatic heterocycles. The second kappa shape index (κ2) is 10.9. The van der Waals surface area contributed by atoms with E-state index in [1.807, 2.05) is 35.2 Å². The van der Waals surface area contributed by atoms with Crippen LogP contribution in [0.5, 0.6) is 0 Å². The zero-order valence-corrected chi connectivity index (χ0v) is 22.2. The molecule has 1 unspecified atom stereocenters. The van der Waals surface area contributed by atoms with Crippen molar-refractivity contribution in [3.05, 3.63) is 118 Å². The van der Waals surface area contributed by atoms with Gasteiger partial charge < -0.3 is 14.4 Å². The zero-order valence-electron chi connectivity index (χ0n) is 21.4. The monoisotopic (exact) mass is 566 g/mol. The lowest BCUT2D eigenvalue weighted by molar-refractivity contribution is -0.133. The number of fused-ring (bicyclic) bond motifs is 1. The van der Waals surface area contributed by atoms with E-state index in [2.05, 4.69) is 10.3 Å². The number of carboxylic acid groups (broad SMARTS) is 1. The van der Waals surface area contributed by atoms with Crippen LogP contribution in [0.3, 0.4) is 0 Å². The number of anilines is 2. The summed E-state index contributed by atoms with van der Waals surface area (Å²) in [5.41, 5.74) is 1.50. The average molecular weight is 567 g/mol. The molecule has 41 heavy (non-hydrogen) atoms. The van der Waals surface area contributed by atoms with Crippen molar-refractivity contribution < 1.29 is 23.9 Å². The van der Waals surface area contributed by atoms with Crippen LogP contribution in [0.15, 0.2) is 111 Å². The predicted molar refractivity (Wildman–Crippen MR) is 156 cm³/mol. The minimum Gasteiger partial charge on any atom is -0.478 e. The molecule has 0 saturated carbocycles. The van der Waals surface area contributed by atoms with Gasteiger partial charge in [-0.05, 0) is 42.0 Å². The number of aliphatic imine (C=N–C) groups is 1. The van der Waals surface area contributed by atoms with E-state index < -0.39 is 23.5 Å². The molecule has 1 atom stereocenters. The number of benzene rings is 3. The van der Waals surface area contributed by atoms with E-state index >= 15 is 0 Å². The highest BCUT2D eigenvalue weighted by atomic mass is 32.2. The molecule has 1 aromatic heterocycles. The molecule has 2 N–H and O–H groups in total. The molecule has 2 aliphatic rings. The van der Waals surface area contributed by atoms with Crippen molar-refractivity contribution in [2.75, 3.05) is 22.2 Å². The van der Waals surface area contributed by atoms with Crippen molar-refractivity contribution in [1.82, 2.24) is 5.32 Å². The Bertz CT molecular complexity index is 1800. The Morgan fingerprint density at radius 3 is 2.44 bits per heavy atom. The fraction of sp³-hybridized carbons (Fsp3) is 0.100. The summed E-state index contributed by atoms with van der Waals surface area (Å²) >= 11 is 1.09. The molecule has 2 amide bonds. The summed E-state index contributed by atoms with van der Waals surface area (Å²) in [6.07, 6.45) is 1.62. The van der Waals surface area contributed by atoms with E-state index in [0.29, 0.717) is 28.9 Å². The first-order valence-electron chi connectivity index (χ1n) is 12.6. The number of hydrogen-bond acceptors (Lipinski definition) is 8. The summed E-state index contributed by atoms with van der Waals surface area (Å²) in [6, 6.07) is 23.9. The fourth-order valence-corrected chi connectivity index (χ4v) is 5.59. The van der Waals surface area contributed by atoms with Crippen molar-refractivity contribution in [2.24, 2.45) is 4.99 Å². The van der Waals surface area contributed by atoms with Crippen LogP contribution in [-0.4, -0.2) is 40.5 Å². The summed E-state index contributed by atoms with van der Waals surface area (Å²) in [4.78, 5) is 57.5. The first-order chi connectivity index (χ1) is 19.9. The van der Waals surface area contributed by atoms with Gasteiger partial charge in [-0.1, -0.05) is 60.3 Å². The molecule has 11 heteroatoms. The smallest absolute Gasteiger partial charge is 0.349 e. The predicted octanol–water partition coefficient (Wildman–Crippen LogP) is 4.15. The van der Waals surface area contributed by atoms with Crippen molar-refractivity contribution in [2.45, 2.75) is 6.04 Å². The van der Waals surface area contributed by atoms with Crippen LogP contribution < -0.4 is 20.7 Å². The van der Waals surface area contributed by atoms with Crippen LogP contribution in [-0.2, 0) is 9.59 Å². The van der Waals surface area contributed by atoms with E-state index in [0.717, 1.165) is 17.4 Å². The number of aliphatic carboxylic acids is 1. The van der Waals surface area contributed by atoms with Gasteiger partial charge in [0.25, 0.3) is 5.91 Å². The first kappa shape index (κ1) is 26.2. The summed E-state index contributed by atoms with van der Waals surface area (Å²) < 4.78 is 5.25. The highest BCUT2D eigenvalue weighted by Crippen LogP contribution is 2.32. The van der Waals surface area contributed by atoms with Gasteiger partial charge in [0.15, 0.2) is 5.17 Å². The quantitative estimate of drug-likeness (QED) is 0.342. The van der Waals surface area contributed by atoms with Crippen LogP contribution in [0.4, 0.5) is 11.4 Å². The number of rotatable bonds is 5. The molecule has 0 bridgehead atoms. The Hall–Kier alpha value is -5.00. The van der Waals surface area contributed by atoms with E-state index in [1.54, 1.807) is 54.7 Å². The topological polar surface area (TPSA) is 133 Å². The molecule has 1 fully saturated rings. The maximum absolute atomic E-state index is 13.0. The van der Waals surface area contributed by atoms with Crippen LogP contribution in [0.1, 0.15) is 22.0 Å². The SMILES string of the molecule is O=C(O)C1=CN(c2ccccc2)CNC1c1ccc(N2C(=O)CSC2=NC(=O)c2cc3ccccc3oc2=O)cc1. The Labute approximate surface area is 237 Å². The van der Waals surface area contributed by atoms with Crippen molar-refractivity contribution in [1.29, 1.82) is 0 Å². The van der Waals surface area contributed by atoms with Crippen LogP contribution >= 0.6 is 11.8 Å². The van der Waals surface area contributed by atoms with Crippen LogP contribution in [0.25, 0.3) is 11.0 Å². The van der Waals surface area contributed by atoms with Gasteiger partial charge in [0.1, 0.15) is 11.1 Å². The highest BCUT2D eigenvalue weighted by Gasteiger charge is 2.32. The molecular weight excluding hydrogens is 544 g/mol. The largest absolute Gasteiger partial charge is 0.478 e. The molecule has 4 aromatic rings. The summed E-state index contributed by atoms with van der Waals surface area (Å²) in [7, 11) is 0. The molecule has 3 aromatic carbocycles. The lowest BCUT2D eigenvalue weighted by Gasteiger charge is -2.32. The summed E-state index contributed by atoms with van der Waals surface area (Å²) in [5.74, 6) is -2.07. The average Bonchev–Trinajstić information content (AvgIpc) is 3.36. The lowest BCUT2D eigenvalue weighted by atomic mass is 9.97. The molecular formula is C30H22N4O6S. The maximum atomic E-state index is 13.0. The van der Waals surface area contributed by atoms with Crippen molar-refractivity contribution in [3.8, 4) is 0 Å². The number of carbonyl (C=O) groups excluding carboxylic acids is 2. The molecule has 204 valence electrons. The number of amides is 2. The minimum absolute atomic E-state index is 0.0750. The number of carboxylic acids is 1. The van der Waals surface area contributed by atoms with E-state index in [1.165, 1.54) is 11.0 Å². The van der Waals surface area contributed by atoms with E-state index in [-0.39, 0.29) is 28.0 Å². The number of hydrogen-bond donors (Lipinski definition) is 2. The molecule has 10 nitrogen and oxygen atoms in total. The third-order valence-electron chi connectivity index (χ3n) is 6.73. The van der Waals surface area contributed by atoms with Crippen molar-refractivity contribution >= 4 is 57.1 Å². The Kier molecular flexibility index (Phi) is 6.96. The van der Waals surface area contributed by atoms with E-state index in [4.69, 9.17) is 4.42 Å². The summed E-state index contributed by atoms with van der Waals surface area (Å²) in [5, 5.41) is 13.9. The van der Waals surface area contributed by atoms with Gasteiger partial charge in [0.2, 0.25) is 5.91 Å². The van der Waals surface area contributed by atoms with Gasteiger partial charge >= 0.3 is 11.6 Å². The molecule has 0 aliphatic carbocycles. The number of nitrogens with zero attached hydrogens (tertiary/aromatic N) is 3. The van der Waals surface area contributed by atoms with Gasteiger partial charge in [-0.3, -0.25) is 19.8 Å². The minimum atomic E-state index is -1.05. The number of thioether (sulfide) groups is 1. The van der Waals surface area contributed by atoms with Gasteiger partial charge in [-0.25, -0.2) is 9.59 Å². The van der Waals surface area contributed by atoms with Gasteiger partial charge in [-0.2, -0.15) is 4.99 Å². The van der Waals surface area contributed by atoms with Crippen LogP contribution in [0.2, 0.25) is 0 Å². The highest BCUT2D eigenvalue weighted by molar-refractivity contribution is 8.15. The number of nitrogens with one attached hydrogen (secondary N) is 1. The molecule has 0 radical (unpaired) electrons. The number of amidine groups is 1. The zero-order chi connectivity index (χ0) is 28.5. The standard InChI is InChI=1S/C30H22N4O6S/c35-25-16-41-30(32-27(36)22-14-19-6-4-5-9-24(19)40-29(22)39)34(25)21-12-10-18(11-13-21)26-23(28(37)38)15-33(17-31-26)20-7-2-1-3-8-20/h1-15,26,31H,16-17H2,(H,37,38). The molecule has 6 rings (SSSR count). The second-order valence-corrected chi connectivity index (χ2v) is 10.2. The van der Waals surface area contributed by atoms with Crippen LogP contribution in [0, 0.1) is 0 Å². The third kappa shape index (κ3) is 5.15.